The van der Waals surface area contributed by atoms with Gasteiger partial charge in [0, 0.05) is 0 Å². The fraction of sp³-hybridized carbons (Fsp3) is 0.600. The van der Waals surface area contributed by atoms with Crippen LogP contribution in [0.4, 0.5) is 0 Å². The zero-order chi connectivity index (χ0) is 7.40. The monoisotopic (exact) mass is 136 g/mol. The predicted octanol–water partition coefficient (Wildman–Crippen LogP) is 3.16. The van der Waals surface area contributed by atoms with E-state index in [1.165, 1.54) is 12.8 Å². The molecule has 0 N–H and O–H groups in total. The number of allylic oxidation sites excluding steroid dienone is 4. The summed E-state index contributed by atoms with van der Waals surface area (Å²) in [5.41, 5.74) is 0. The summed E-state index contributed by atoms with van der Waals surface area (Å²) in [5.74, 6) is 1.53. The molecule has 10 heavy (non-hydrogen) atoms. The normalized spacial score (nSPS) is 33.4. The van der Waals surface area contributed by atoms with Gasteiger partial charge in [-0.2, -0.15) is 0 Å². The molecule has 0 heteroatoms. The van der Waals surface area contributed by atoms with E-state index in [9.17, 15) is 0 Å². The summed E-state index contributed by atoms with van der Waals surface area (Å²) in [5, 5.41) is 0. The fourth-order valence-electron chi connectivity index (χ4n) is 1.39. The van der Waals surface area contributed by atoms with Gasteiger partial charge in [0.1, 0.15) is 0 Å². The van der Waals surface area contributed by atoms with Gasteiger partial charge >= 0.3 is 0 Å². The van der Waals surface area contributed by atoms with E-state index in [2.05, 4.69) is 38.2 Å². The molecule has 0 aliphatic heterocycles. The second kappa shape index (κ2) is 3.60. The van der Waals surface area contributed by atoms with Crippen molar-refractivity contribution in [3.05, 3.63) is 24.3 Å². The van der Waals surface area contributed by atoms with Gasteiger partial charge < -0.3 is 0 Å². The van der Waals surface area contributed by atoms with Gasteiger partial charge in [-0.15, -0.1) is 0 Å². The number of hydrogen-bond donors (Lipinski definition) is 0. The number of rotatable bonds is 1. The van der Waals surface area contributed by atoms with Crippen LogP contribution in [0.3, 0.4) is 0 Å². The average molecular weight is 136 g/mol. The minimum Gasteiger partial charge on any atom is -0.0911 e. The van der Waals surface area contributed by atoms with Gasteiger partial charge in [-0.05, 0) is 31.6 Å². The highest BCUT2D eigenvalue weighted by molar-refractivity contribution is 5.04. The Morgan fingerprint density at radius 3 is 2.60 bits per heavy atom. The largest absolute Gasteiger partial charge is 0.0911 e. The van der Waals surface area contributed by atoms with E-state index in [0.717, 1.165) is 11.8 Å². The van der Waals surface area contributed by atoms with Crippen LogP contribution in [-0.2, 0) is 0 Å². The van der Waals surface area contributed by atoms with Gasteiger partial charge in [0.15, 0.2) is 0 Å². The summed E-state index contributed by atoms with van der Waals surface area (Å²) in [4.78, 5) is 0. The molecule has 0 aromatic heterocycles. The first-order chi connectivity index (χ1) is 4.83. The van der Waals surface area contributed by atoms with Crippen LogP contribution in [0.15, 0.2) is 24.3 Å². The van der Waals surface area contributed by atoms with Gasteiger partial charge in [0.2, 0.25) is 0 Å². The molecule has 0 aromatic carbocycles. The molecule has 0 nitrogen and oxygen atoms in total. The lowest BCUT2D eigenvalue weighted by Gasteiger charge is -2.16. The summed E-state index contributed by atoms with van der Waals surface area (Å²) in [6.07, 6.45) is 11.8. The molecule has 0 heterocycles. The Kier molecular flexibility index (Phi) is 2.73. The summed E-state index contributed by atoms with van der Waals surface area (Å²) in [6, 6.07) is 0. The van der Waals surface area contributed by atoms with Gasteiger partial charge in [0.25, 0.3) is 0 Å². The molecule has 1 aliphatic rings. The van der Waals surface area contributed by atoms with Crippen LogP contribution >= 0.6 is 0 Å². The minimum atomic E-state index is 0.723. The van der Waals surface area contributed by atoms with E-state index >= 15 is 0 Å². The van der Waals surface area contributed by atoms with Gasteiger partial charge in [-0.3, -0.25) is 0 Å². The molecular weight excluding hydrogens is 120 g/mol. The van der Waals surface area contributed by atoms with E-state index in [0.29, 0.717) is 0 Å². The molecule has 0 radical (unpaired) electrons. The van der Waals surface area contributed by atoms with Crippen LogP contribution < -0.4 is 0 Å². The molecule has 56 valence electrons. The lowest BCUT2D eigenvalue weighted by atomic mass is 9.89. The fourth-order valence-corrected chi connectivity index (χ4v) is 1.39. The summed E-state index contributed by atoms with van der Waals surface area (Å²) in [6.45, 7) is 4.37. The molecule has 2 unspecified atom stereocenters. The zero-order valence-electron chi connectivity index (χ0n) is 6.88. The molecule has 0 saturated carbocycles. The zero-order valence-corrected chi connectivity index (χ0v) is 6.88. The first kappa shape index (κ1) is 7.59. The molecule has 0 amide bonds. The van der Waals surface area contributed by atoms with Crippen LogP contribution in [0.1, 0.15) is 26.7 Å². The summed E-state index contributed by atoms with van der Waals surface area (Å²) >= 11 is 0. The standard InChI is InChI=1S/C10H16/c1-3-4-10-7-5-9(2)6-8-10/h3-5,7,9-10H,6,8H2,1-2H3. The van der Waals surface area contributed by atoms with Crippen molar-refractivity contribution in [2.24, 2.45) is 11.8 Å². The minimum absolute atomic E-state index is 0.723. The van der Waals surface area contributed by atoms with Crippen LogP contribution in [0.5, 0.6) is 0 Å². The second-order valence-corrected chi connectivity index (χ2v) is 3.13. The Balaban J connectivity index is 2.45. The van der Waals surface area contributed by atoms with Gasteiger partial charge in [-0.25, -0.2) is 0 Å². The highest BCUT2D eigenvalue weighted by atomic mass is 14.1. The first-order valence-corrected chi connectivity index (χ1v) is 4.14. The van der Waals surface area contributed by atoms with Crippen LogP contribution in [-0.4, -0.2) is 0 Å². The third-order valence-electron chi connectivity index (χ3n) is 2.08. The van der Waals surface area contributed by atoms with E-state index in [4.69, 9.17) is 0 Å². The van der Waals surface area contributed by atoms with Crippen LogP contribution in [0, 0.1) is 11.8 Å². The Morgan fingerprint density at radius 2 is 2.10 bits per heavy atom. The van der Waals surface area contributed by atoms with Crippen molar-refractivity contribution >= 4 is 0 Å². The third kappa shape index (κ3) is 2.02. The quantitative estimate of drug-likeness (QED) is 0.486. The highest BCUT2D eigenvalue weighted by Crippen LogP contribution is 2.22. The lowest BCUT2D eigenvalue weighted by molar-refractivity contribution is 0.530. The van der Waals surface area contributed by atoms with E-state index < -0.39 is 0 Å². The van der Waals surface area contributed by atoms with Crippen molar-refractivity contribution in [1.82, 2.24) is 0 Å². The van der Waals surface area contributed by atoms with Gasteiger partial charge in [0.05, 0.1) is 0 Å². The maximum Gasteiger partial charge on any atom is -0.00533 e. The van der Waals surface area contributed by atoms with Crippen molar-refractivity contribution < 1.29 is 0 Å². The third-order valence-corrected chi connectivity index (χ3v) is 2.08. The smallest absolute Gasteiger partial charge is 0.00533 e. The predicted molar refractivity (Wildman–Crippen MR) is 45.8 cm³/mol. The molecule has 0 fully saturated rings. The van der Waals surface area contributed by atoms with E-state index in [1.807, 2.05) is 0 Å². The van der Waals surface area contributed by atoms with Gasteiger partial charge in [-0.1, -0.05) is 31.2 Å². The Bertz CT molecular complexity index is 142. The molecule has 1 rings (SSSR count). The average Bonchev–Trinajstić information content (AvgIpc) is 1.95. The van der Waals surface area contributed by atoms with Crippen molar-refractivity contribution in [3.63, 3.8) is 0 Å². The molecule has 0 saturated heterocycles. The SMILES string of the molecule is CC=CC1C=CC(C)CC1. The number of hydrogen-bond acceptors (Lipinski definition) is 0. The van der Waals surface area contributed by atoms with Crippen molar-refractivity contribution in [2.45, 2.75) is 26.7 Å². The van der Waals surface area contributed by atoms with Crippen LogP contribution in [0.2, 0.25) is 0 Å². The maximum absolute atomic E-state index is 2.33. The topological polar surface area (TPSA) is 0 Å². The summed E-state index contributed by atoms with van der Waals surface area (Å²) in [7, 11) is 0. The Hall–Kier alpha value is -0.520. The van der Waals surface area contributed by atoms with E-state index in [-0.39, 0.29) is 0 Å². The van der Waals surface area contributed by atoms with Crippen molar-refractivity contribution in [3.8, 4) is 0 Å². The van der Waals surface area contributed by atoms with Crippen molar-refractivity contribution in [2.75, 3.05) is 0 Å². The van der Waals surface area contributed by atoms with E-state index in [1.54, 1.807) is 0 Å². The summed E-state index contributed by atoms with van der Waals surface area (Å²) < 4.78 is 0. The molecule has 0 bridgehead atoms. The van der Waals surface area contributed by atoms with Crippen LogP contribution in [0.25, 0.3) is 0 Å². The van der Waals surface area contributed by atoms with Crippen molar-refractivity contribution in [1.29, 1.82) is 0 Å². The second-order valence-electron chi connectivity index (χ2n) is 3.13. The lowest BCUT2D eigenvalue weighted by Crippen LogP contribution is -2.03. The first-order valence-electron chi connectivity index (χ1n) is 4.14. The molecule has 0 aromatic rings. The molecule has 0 spiro atoms. The molecular formula is C10H16. The Labute approximate surface area is 63.6 Å². The Morgan fingerprint density at radius 1 is 1.30 bits per heavy atom. The molecule has 1 aliphatic carbocycles. The molecule has 2 atom stereocenters. The highest BCUT2D eigenvalue weighted by Gasteiger charge is 2.08. The maximum atomic E-state index is 2.33.